The van der Waals surface area contributed by atoms with Crippen LogP contribution in [0.3, 0.4) is 0 Å². The fourth-order valence-corrected chi connectivity index (χ4v) is 4.87. The highest BCUT2D eigenvalue weighted by atomic mass is 16.5. The van der Waals surface area contributed by atoms with E-state index in [1.165, 1.54) is 57.8 Å². The summed E-state index contributed by atoms with van der Waals surface area (Å²) < 4.78 is 6.09. The molecule has 116 valence electrons. The number of hydrogen-bond donors (Lipinski definition) is 1. The van der Waals surface area contributed by atoms with Gasteiger partial charge in [0.25, 0.3) is 0 Å². The number of nitrogens with two attached hydrogens (primary N) is 1. The lowest BCUT2D eigenvalue weighted by molar-refractivity contribution is -0.155. The zero-order valence-electron chi connectivity index (χ0n) is 13.7. The lowest BCUT2D eigenvalue weighted by atomic mass is 9.60. The van der Waals surface area contributed by atoms with Gasteiger partial charge in [-0.05, 0) is 75.0 Å². The average Bonchev–Trinajstić information content (AvgIpc) is 2.36. The first-order valence-corrected chi connectivity index (χ1v) is 8.76. The third kappa shape index (κ3) is 2.66. The molecule has 3 aliphatic rings. The van der Waals surface area contributed by atoms with Crippen LogP contribution >= 0.6 is 0 Å². The Bertz CT molecular complexity index is 345. The van der Waals surface area contributed by atoms with E-state index in [4.69, 9.17) is 10.5 Å². The summed E-state index contributed by atoms with van der Waals surface area (Å²) >= 11 is 0. The Morgan fingerprint density at radius 3 is 2.15 bits per heavy atom. The molecule has 0 aromatic rings. The zero-order chi connectivity index (χ0) is 14.4. The molecule has 1 aliphatic heterocycles. The van der Waals surface area contributed by atoms with Crippen LogP contribution in [0.25, 0.3) is 0 Å². The normalized spacial score (nSPS) is 41.4. The third-order valence-corrected chi connectivity index (χ3v) is 6.71. The van der Waals surface area contributed by atoms with E-state index >= 15 is 0 Å². The van der Waals surface area contributed by atoms with E-state index in [-0.39, 0.29) is 11.1 Å². The number of hydrogen-bond acceptors (Lipinski definition) is 2. The summed E-state index contributed by atoms with van der Waals surface area (Å²) in [4.78, 5) is 0. The van der Waals surface area contributed by atoms with E-state index < -0.39 is 0 Å². The lowest BCUT2D eigenvalue weighted by Gasteiger charge is -2.53. The summed E-state index contributed by atoms with van der Waals surface area (Å²) in [6.07, 6.45) is 11.5. The van der Waals surface area contributed by atoms with E-state index in [1.54, 1.807) is 0 Å². The predicted octanol–water partition coefficient (Wildman–Crippen LogP) is 4.27. The molecule has 0 radical (unpaired) electrons. The summed E-state index contributed by atoms with van der Waals surface area (Å²) in [6.45, 7) is 8.11. The van der Waals surface area contributed by atoms with Gasteiger partial charge in [0.15, 0.2) is 0 Å². The van der Waals surface area contributed by atoms with Crippen molar-refractivity contribution in [3.05, 3.63) is 0 Å². The molecular formula is C18H33NO. The van der Waals surface area contributed by atoms with Crippen LogP contribution in [0, 0.1) is 17.3 Å². The van der Waals surface area contributed by atoms with Gasteiger partial charge in [-0.1, -0.05) is 20.8 Å². The van der Waals surface area contributed by atoms with Crippen molar-refractivity contribution in [3.8, 4) is 0 Å². The highest BCUT2D eigenvalue weighted by Gasteiger charge is 2.49. The van der Waals surface area contributed by atoms with Crippen LogP contribution in [0.5, 0.6) is 0 Å². The van der Waals surface area contributed by atoms with Crippen molar-refractivity contribution in [1.82, 2.24) is 0 Å². The van der Waals surface area contributed by atoms with Gasteiger partial charge in [0, 0.05) is 12.1 Å². The van der Waals surface area contributed by atoms with E-state index in [1.807, 2.05) is 0 Å². The maximum atomic E-state index is 6.88. The Morgan fingerprint density at radius 1 is 1.00 bits per heavy atom. The van der Waals surface area contributed by atoms with Crippen LogP contribution in [0.1, 0.15) is 78.6 Å². The van der Waals surface area contributed by atoms with E-state index in [0.29, 0.717) is 11.3 Å². The van der Waals surface area contributed by atoms with Crippen molar-refractivity contribution in [2.75, 3.05) is 6.61 Å². The van der Waals surface area contributed by atoms with E-state index in [9.17, 15) is 0 Å². The molecule has 20 heavy (non-hydrogen) atoms. The van der Waals surface area contributed by atoms with Gasteiger partial charge < -0.3 is 10.5 Å². The minimum Gasteiger partial charge on any atom is -0.375 e. The number of ether oxygens (including phenoxy) is 1. The molecule has 1 unspecified atom stereocenters. The molecule has 2 nitrogen and oxygen atoms in total. The van der Waals surface area contributed by atoms with Crippen LogP contribution in [0.15, 0.2) is 0 Å². The Morgan fingerprint density at radius 2 is 1.65 bits per heavy atom. The summed E-state index contributed by atoms with van der Waals surface area (Å²) in [7, 11) is 0. The molecular weight excluding hydrogens is 246 g/mol. The quantitative estimate of drug-likeness (QED) is 0.778. The maximum Gasteiger partial charge on any atom is 0.0686 e. The second-order valence-corrected chi connectivity index (χ2v) is 8.95. The third-order valence-electron chi connectivity index (χ3n) is 6.71. The first-order chi connectivity index (χ1) is 9.33. The van der Waals surface area contributed by atoms with Crippen LogP contribution < -0.4 is 5.73 Å². The van der Waals surface area contributed by atoms with Gasteiger partial charge in [-0.2, -0.15) is 0 Å². The summed E-state index contributed by atoms with van der Waals surface area (Å²) in [5.74, 6) is 1.56. The molecule has 1 atom stereocenters. The highest BCUT2D eigenvalue weighted by Crippen LogP contribution is 2.50. The van der Waals surface area contributed by atoms with Gasteiger partial charge in [-0.3, -0.25) is 0 Å². The molecule has 0 aromatic heterocycles. The molecule has 1 spiro atoms. The molecule has 2 N–H and O–H groups in total. The van der Waals surface area contributed by atoms with Crippen molar-refractivity contribution in [2.24, 2.45) is 23.0 Å². The summed E-state index contributed by atoms with van der Waals surface area (Å²) in [5, 5.41) is 0. The first kappa shape index (κ1) is 14.8. The van der Waals surface area contributed by atoms with Crippen LogP contribution in [-0.4, -0.2) is 17.7 Å². The van der Waals surface area contributed by atoms with Gasteiger partial charge in [0.05, 0.1) is 5.60 Å². The Labute approximate surface area is 124 Å². The monoisotopic (exact) mass is 279 g/mol. The lowest BCUT2D eigenvalue weighted by Crippen LogP contribution is -2.57. The summed E-state index contributed by atoms with van der Waals surface area (Å²) in [6, 6.07) is 0. The fourth-order valence-electron chi connectivity index (χ4n) is 4.87. The largest absolute Gasteiger partial charge is 0.375 e. The van der Waals surface area contributed by atoms with Crippen LogP contribution in [0.4, 0.5) is 0 Å². The van der Waals surface area contributed by atoms with Gasteiger partial charge in [0.1, 0.15) is 0 Å². The Kier molecular flexibility index (Phi) is 3.70. The standard InChI is InChI=1S/C18H33NO/c1-16(2,3)14-5-10-18(19,11-6-14)15-7-12-20-17(13-15)8-4-9-17/h14-15H,4-13,19H2,1-3H3. The molecule has 1 heterocycles. The van der Waals surface area contributed by atoms with Gasteiger partial charge >= 0.3 is 0 Å². The predicted molar refractivity (Wildman–Crippen MR) is 83.6 cm³/mol. The molecule has 2 heteroatoms. The second kappa shape index (κ2) is 4.98. The molecule has 0 aromatic carbocycles. The van der Waals surface area contributed by atoms with Crippen LogP contribution in [0.2, 0.25) is 0 Å². The molecule has 3 rings (SSSR count). The topological polar surface area (TPSA) is 35.2 Å². The molecule has 1 saturated heterocycles. The van der Waals surface area contributed by atoms with Gasteiger partial charge in [-0.25, -0.2) is 0 Å². The van der Waals surface area contributed by atoms with Crippen molar-refractivity contribution < 1.29 is 4.74 Å². The van der Waals surface area contributed by atoms with Crippen molar-refractivity contribution in [3.63, 3.8) is 0 Å². The molecule has 2 aliphatic carbocycles. The van der Waals surface area contributed by atoms with Crippen LogP contribution in [-0.2, 0) is 4.74 Å². The van der Waals surface area contributed by atoms with Gasteiger partial charge in [0.2, 0.25) is 0 Å². The number of rotatable bonds is 1. The summed E-state index contributed by atoms with van der Waals surface area (Å²) in [5.41, 5.74) is 7.69. The minimum absolute atomic E-state index is 0.105. The zero-order valence-corrected chi connectivity index (χ0v) is 13.7. The fraction of sp³-hybridized carbons (Fsp3) is 1.00. The van der Waals surface area contributed by atoms with Crippen molar-refractivity contribution in [1.29, 1.82) is 0 Å². The first-order valence-electron chi connectivity index (χ1n) is 8.76. The molecule has 2 saturated carbocycles. The Balaban J connectivity index is 1.62. The maximum absolute atomic E-state index is 6.88. The highest BCUT2D eigenvalue weighted by molar-refractivity contribution is 5.03. The van der Waals surface area contributed by atoms with Crippen molar-refractivity contribution >= 4 is 0 Å². The second-order valence-electron chi connectivity index (χ2n) is 8.95. The average molecular weight is 279 g/mol. The van der Waals surface area contributed by atoms with Gasteiger partial charge in [-0.15, -0.1) is 0 Å². The molecule has 3 fully saturated rings. The molecule has 0 bridgehead atoms. The molecule has 0 amide bonds. The minimum atomic E-state index is 0.105. The SMILES string of the molecule is CC(C)(C)C1CCC(N)(C2CCOC3(CCC3)C2)CC1. The van der Waals surface area contributed by atoms with E-state index in [2.05, 4.69) is 20.8 Å². The van der Waals surface area contributed by atoms with Crippen molar-refractivity contribution in [2.45, 2.75) is 89.7 Å². The van der Waals surface area contributed by atoms with E-state index in [0.717, 1.165) is 12.5 Å². The smallest absolute Gasteiger partial charge is 0.0686 e. The Hall–Kier alpha value is -0.0800.